The van der Waals surface area contributed by atoms with Crippen LogP contribution in [0.5, 0.6) is 0 Å². The molecule has 1 unspecified atom stereocenters. The first kappa shape index (κ1) is 9.79. The number of nitrogens with two attached hydrogens (primary N) is 1. The molecule has 6 heteroatoms. The number of ether oxygens (including phenoxy) is 1. The van der Waals surface area contributed by atoms with Gasteiger partial charge < -0.3 is 20.7 Å². The molecule has 3 N–H and O–H groups in total. The topological polar surface area (TPSA) is 84.7 Å². The number of hydrogen-bond acceptors (Lipinski definition) is 4. The zero-order valence-corrected chi connectivity index (χ0v) is 7.45. The standard InChI is InChI=1S/C7H13N3O3/c1-10-4-5(13-7(10)12)3-9-6(11)2-8/h5H,2-4,8H2,1H3,(H,9,11). The molecule has 13 heavy (non-hydrogen) atoms. The van der Waals surface area contributed by atoms with Gasteiger partial charge in [0.1, 0.15) is 6.10 Å². The molecule has 0 saturated carbocycles. The first-order valence-corrected chi connectivity index (χ1v) is 4.02. The van der Waals surface area contributed by atoms with E-state index < -0.39 is 0 Å². The minimum absolute atomic E-state index is 0.0451. The summed E-state index contributed by atoms with van der Waals surface area (Å²) >= 11 is 0. The Labute approximate surface area is 76.0 Å². The Morgan fingerprint density at radius 2 is 2.54 bits per heavy atom. The lowest BCUT2D eigenvalue weighted by molar-refractivity contribution is -0.120. The van der Waals surface area contributed by atoms with Crippen molar-refractivity contribution in [2.24, 2.45) is 5.73 Å². The van der Waals surface area contributed by atoms with Crippen molar-refractivity contribution >= 4 is 12.0 Å². The number of hydrogen-bond donors (Lipinski definition) is 2. The number of cyclic esters (lactones) is 1. The molecule has 1 aliphatic heterocycles. The summed E-state index contributed by atoms with van der Waals surface area (Å²) < 4.78 is 4.90. The average molecular weight is 187 g/mol. The highest BCUT2D eigenvalue weighted by Gasteiger charge is 2.27. The predicted octanol–water partition coefficient (Wildman–Crippen LogP) is -1.49. The molecule has 74 valence electrons. The predicted molar refractivity (Wildman–Crippen MR) is 45.0 cm³/mol. The van der Waals surface area contributed by atoms with Crippen molar-refractivity contribution in [2.75, 3.05) is 26.7 Å². The van der Waals surface area contributed by atoms with E-state index in [1.807, 2.05) is 0 Å². The van der Waals surface area contributed by atoms with E-state index in [0.717, 1.165) is 0 Å². The average Bonchev–Trinajstić information content (AvgIpc) is 2.42. The Hall–Kier alpha value is -1.30. The van der Waals surface area contributed by atoms with Crippen LogP contribution in [0.2, 0.25) is 0 Å². The van der Waals surface area contributed by atoms with Crippen LogP contribution in [-0.2, 0) is 9.53 Å². The third kappa shape index (κ3) is 2.59. The number of amides is 2. The van der Waals surface area contributed by atoms with Crippen molar-refractivity contribution in [3.8, 4) is 0 Å². The fourth-order valence-corrected chi connectivity index (χ4v) is 1.06. The van der Waals surface area contributed by atoms with Crippen LogP contribution in [0, 0.1) is 0 Å². The molecular formula is C7H13N3O3. The third-order valence-corrected chi connectivity index (χ3v) is 1.77. The van der Waals surface area contributed by atoms with E-state index in [4.69, 9.17) is 10.5 Å². The van der Waals surface area contributed by atoms with Gasteiger partial charge in [-0.3, -0.25) is 4.79 Å². The number of nitrogens with one attached hydrogen (secondary N) is 1. The van der Waals surface area contributed by atoms with Crippen molar-refractivity contribution in [3.63, 3.8) is 0 Å². The lowest BCUT2D eigenvalue weighted by Gasteiger charge is -2.08. The summed E-state index contributed by atoms with van der Waals surface area (Å²) in [4.78, 5) is 23.1. The summed E-state index contributed by atoms with van der Waals surface area (Å²) in [7, 11) is 1.65. The molecule has 2 amide bonds. The summed E-state index contributed by atoms with van der Waals surface area (Å²) in [6, 6.07) is 0. The van der Waals surface area contributed by atoms with Gasteiger partial charge in [0.05, 0.1) is 19.6 Å². The lowest BCUT2D eigenvalue weighted by atomic mass is 10.3. The van der Waals surface area contributed by atoms with Gasteiger partial charge in [-0.25, -0.2) is 4.79 Å². The number of rotatable bonds is 3. The van der Waals surface area contributed by atoms with E-state index in [1.54, 1.807) is 7.05 Å². The normalized spacial score (nSPS) is 21.5. The first-order chi connectivity index (χ1) is 6.13. The lowest BCUT2D eigenvalue weighted by Crippen LogP contribution is -2.37. The minimum atomic E-state index is -0.355. The molecule has 6 nitrogen and oxygen atoms in total. The summed E-state index contributed by atoms with van der Waals surface area (Å²) in [6.45, 7) is 0.784. The zero-order valence-electron chi connectivity index (χ0n) is 7.45. The number of likely N-dealkylation sites (N-methyl/N-ethyl adjacent to an activating group) is 1. The molecule has 0 aromatic rings. The van der Waals surface area contributed by atoms with Crippen LogP contribution in [-0.4, -0.2) is 49.7 Å². The Balaban J connectivity index is 2.24. The largest absolute Gasteiger partial charge is 0.442 e. The van der Waals surface area contributed by atoms with Crippen molar-refractivity contribution in [1.82, 2.24) is 10.2 Å². The first-order valence-electron chi connectivity index (χ1n) is 4.02. The zero-order chi connectivity index (χ0) is 9.84. The second kappa shape index (κ2) is 4.08. The Morgan fingerprint density at radius 3 is 3.00 bits per heavy atom. The number of carbonyl (C=O) groups is 2. The monoisotopic (exact) mass is 187 g/mol. The number of nitrogens with zero attached hydrogens (tertiary/aromatic N) is 1. The molecule has 0 radical (unpaired) electrons. The van der Waals surface area contributed by atoms with E-state index in [2.05, 4.69) is 5.32 Å². The maximum atomic E-state index is 10.9. The highest BCUT2D eigenvalue weighted by molar-refractivity contribution is 5.77. The molecule has 0 aromatic heterocycles. The van der Waals surface area contributed by atoms with E-state index in [-0.39, 0.29) is 24.6 Å². The van der Waals surface area contributed by atoms with E-state index in [9.17, 15) is 9.59 Å². The number of carbonyl (C=O) groups excluding carboxylic acids is 2. The van der Waals surface area contributed by atoms with E-state index >= 15 is 0 Å². The van der Waals surface area contributed by atoms with Gasteiger partial charge in [0.25, 0.3) is 0 Å². The quantitative estimate of drug-likeness (QED) is 0.564. The van der Waals surface area contributed by atoms with Crippen LogP contribution in [0.4, 0.5) is 4.79 Å². The fourth-order valence-electron chi connectivity index (χ4n) is 1.06. The van der Waals surface area contributed by atoms with Gasteiger partial charge in [0.15, 0.2) is 0 Å². The molecule has 0 bridgehead atoms. The second-order valence-corrected chi connectivity index (χ2v) is 2.89. The van der Waals surface area contributed by atoms with Gasteiger partial charge in [-0.1, -0.05) is 0 Å². The van der Waals surface area contributed by atoms with Crippen molar-refractivity contribution < 1.29 is 14.3 Å². The van der Waals surface area contributed by atoms with Gasteiger partial charge in [0, 0.05) is 7.05 Å². The summed E-state index contributed by atoms with van der Waals surface area (Å²) in [6.07, 6.45) is -0.611. The highest BCUT2D eigenvalue weighted by Crippen LogP contribution is 2.06. The molecule has 1 aliphatic rings. The molecule has 0 aliphatic carbocycles. The molecular weight excluding hydrogens is 174 g/mol. The van der Waals surface area contributed by atoms with Crippen molar-refractivity contribution in [1.29, 1.82) is 0 Å². The third-order valence-electron chi connectivity index (χ3n) is 1.77. The molecule has 1 rings (SSSR count). The van der Waals surface area contributed by atoms with E-state index in [1.165, 1.54) is 4.90 Å². The minimum Gasteiger partial charge on any atom is -0.442 e. The van der Waals surface area contributed by atoms with Crippen LogP contribution < -0.4 is 11.1 Å². The van der Waals surface area contributed by atoms with E-state index in [0.29, 0.717) is 13.1 Å². The Kier molecular flexibility index (Phi) is 3.07. The molecule has 1 saturated heterocycles. The van der Waals surface area contributed by atoms with Crippen LogP contribution in [0.15, 0.2) is 0 Å². The maximum absolute atomic E-state index is 10.9. The smallest absolute Gasteiger partial charge is 0.410 e. The molecule has 0 aromatic carbocycles. The van der Waals surface area contributed by atoms with Crippen molar-refractivity contribution in [2.45, 2.75) is 6.10 Å². The molecule has 1 atom stereocenters. The molecule has 0 spiro atoms. The van der Waals surface area contributed by atoms with Gasteiger partial charge in [-0.2, -0.15) is 0 Å². The molecule has 1 fully saturated rings. The van der Waals surface area contributed by atoms with Gasteiger partial charge in [-0.05, 0) is 0 Å². The second-order valence-electron chi connectivity index (χ2n) is 2.89. The van der Waals surface area contributed by atoms with Crippen LogP contribution >= 0.6 is 0 Å². The van der Waals surface area contributed by atoms with Crippen molar-refractivity contribution in [3.05, 3.63) is 0 Å². The van der Waals surface area contributed by atoms with Gasteiger partial charge in [0.2, 0.25) is 5.91 Å². The van der Waals surface area contributed by atoms with Gasteiger partial charge >= 0.3 is 6.09 Å². The maximum Gasteiger partial charge on any atom is 0.410 e. The molecule has 1 heterocycles. The summed E-state index contributed by atoms with van der Waals surface area (Å²) in [5, 5.41) is 2.55. The Morgan fingerprint density at radius 1 is 1.85 bits per heavy atom. The van der Waals surface area contributed by atoms with Crippen LogP contribution in [0.3, 0.4) is 0 Å². The Bertz CT molecular complexity index is 219. The highest BCUT2D eigenvalue weighted by atomic mass is 16.6. The van der Waals surface area contributed by atoms with Crippen LogP contribution in [0.1, 0.15) is 0 Å². The SMILES string of the molecule is CN1CC(CNC(=O)CN)OC1=O. The van der Waals surface area contributed by atoms with Gasteiger partial charge in [-0.15, -0.1) is 0 Å². The van der Waals surface area contributed by atoms with Crippen LogP contribution in [0.25, 0.3) is 0 Å². The fraction of sp³-hybridized carbons (Fsp3) is 0.714. The summed E-state index contributed by atoms with van der Waals surface area (Å²) in [5.41, 5.74) is 5.08. The summed E-state index contributed by atoms with van der Waals surface area (Å²) in [5.74, 6) is -0.245.